The van der Waals surface area contributed by atoms with Gasteiger partial charge in [-0.3, -0.25) is 20.2 Å². The fraction of sp³-hybridized carbons (Fsp3) is 0.920. The Bertz CT molecular complexity index is 842. The van der Waals surface area contributed by atoms with Gasteiger partial charge in [0.1, 0.15) is 5.50 Å². The van der Waals surface area contributed by atoms with Crippen molar-refractivity contribution in [1.82, 2.24) is 31.5 Å². The highest BCUT2D eigenvalue weighted by Crippen LogP contribution is 2.38. The first-order valence-electron chi connectivity index (χ1n) is 13.9. The molecule has 5 saturated heterocycles. The molecule has 5 aliphatic rings. The summed E-state index contributed by atoms with van der Waals surface area (Å²) in [6.07, 6.45) is 0.153. The molecule has 0 aromatic heterocycles. The molecule has 5 heterocycles. The number of thioether (sulfide) groups is 1. The van der Waals surface area contributed by atoms with Gasteiger partial charge in [-0.2, -0.15) is 0 Å². The number of carbonyl (C=O) groups excluding carboxylic acids is 2. The quantitative estimate of drug-likeness (QED) is 0.232. The molecular formula is C25H41ClF2N6O3S. The molecule has 11 atom stereocenters. The molecule has 11 unspecified atom stereocenters. The van der Waals surface area contributed by atoms with Crippen LogP contribution in [0.5, 0.6) is 0 Å². The number of piperidine rings is 3. The zero-order valence-electron chi connectivity index (χ0n) is 22.0. The van der Waals surface area contributed by atoms with Crippen molar-refractivity contribution in [3.8, 4) is 0 Å². The van der Waals surface area contributed by atoms with Gasteiger partial charge in [-0.25, -0.2) is 8.78 Å². The number of rotatable bonds is 6. The van der Waals surface area contributed by atoms with Gasteiger partial charge < -0.3 is 25.6 Å². The summed E-state index contributed by atoms with van der Waals surface area (Å²) >= 11 is 8.11. The lowest BCUT2D eigenvalue weighted by molar-refractivity contribution is -0.134. The molecule has 0 saturated carbocycles. The zero-order chi connectivity index (χ0) is 27.0. The third-order valence-electron chi connectivity index (χ3n) is 9.15. The average molecular weight is 579 g/mol. The molecule has 0 bridgehead atoms. The third-order valence-corrected chi connectivity index (χ3v) is 10.8. The van der Waals surface area contributed by atoms with E-state index in [9.17, 15) is 18.4 Å². The third kappa shape index (κ3) is 6.26. The van der Waals surface area contributed by atoms with E-state index in [-0.39, 0.29) is 70.5 Å². The van der Waals surface area contributed by atoms with Crippen molar-refractivity contribution in [3.05, 3.63) is 0 Å². The molecule has 5 rings (SSSR count). The molecule has 0 aliphatic carbocycles. The van der Waals surface area contributed by atoms with Crippen LogP contribution in [0.25, 0.3) is 0 Å². The highest BCUT2D eigenvalue weighted by atomic mass is 35.5. The minimum atomic E-state index is -2.35. The van der Waals surface area contributed by atoms with Crippen molar-refractivity contribution in [2.75, 3.05) is 39.8 Å². The van der Waals surface area contributed by atoms with Gasteiger partial charge in [0.25, 0.3) is 0 Å². The van der Waals surface area contributed by atoms with Crippen LogP contribution in [0.15, 0.2) is 0 Å². The number of nitrogens with one attached hydrogen (secondary N) is 5. The molecule has 0 radical (unpaired) electrons. The van der Waals surface area contributed by atoms with Crippen LogP contribution in [0.2, 0.25) is 0 Å². The lowest BCUT2D eigenvalue weighted by Crippen LogP contribution is -2.57. The van der Waals surface area contributed by atoms with E-state index in [1.165, 1.54) is 0 Å². The molecule has 9 nitrogen and oxygen atoms in total. The molecule has 38 heavy (non-hydrogen) atoms. The molecule has 2 amide bonds. The molecule has 5 aliphatic heterocycles. The summed E-state index contributed by atoms with van der Waals surface area (Å²) in [7, 11) is 1.73. The minimum Gasteiger partial charge on any atom is -0.380 e. The number of carbonyl (C=O) groups is 2. The van der Waals surface area contributed by atoms with Crippen LogP contribution >= 0.6 is 23.4 Å². The normalized spacial score (nSPS) is 43.7. The first kappa shape index (κ1) is 28.8. The maximum Gasteiger partial charge on any atom is 0.242 e. The molecule has 0 aromatic carbocycles. The number of methoxy groups -OCH3 is 1. The first-order chi connectivity index (χ1) is 18.2. The Balaban J connectivity index is 1.13. The van der Waals surface area contributed by atoms with Crippen molar-refractivity contribution in [3.63, 3.8) is 0 Å². The van der Waals surface area contributed by atoms with Gasteiger partial charge in [-0.1, -0.05) is 0 Å². The number of nitrogens with zero attached hydrogens (tertiary/aromatic N) is 1. The monoisotopic (exact) mass is 578 g/mol. The summed E-state index contributed by atoms with van der Waals surface area (Å²) in [5.74, 6) is -0.444. The predicted molar refractivity (Wildman–Crippen MR) is 143 cm³/mol. The van der Waals surface area contributed by atoms with Crippen LogP contribution < -0.4 is 26.6 Å². The van der Waals surface area contributed by atoms with Crippen LogP contribution in [0.3, 0.4) is 0 Å². The van der Waals surface area contributed by atoms with E-state index in [0.29, 0.717) is 45.1 Å². The highest BCUT2D eigenvalue weighted by molar-refractivity contribution is 8.00. The summed E-state index contributed by atoms with van der Waals surface area (Å²) in [5.41, 5.74) is -0.326. The standard InChI is InChI=1S/C25H41ClF2N6O3S/c1-12-5-14(15-6-21(26)31-9-19(15)37-2)16(8-29-12)23(35)33-25-32-18-10-34(11-20(18)38-25)24(36)17-4-3-13(7-30-17)22(27)28/h12-22,25,29-32H,3-11H2,1-2H3,(H,33,35). The number of amides is 2. The fourth-order valence-electron chi connectivity index (χ4n) is 6.97. The second-order valence-electron chi connectivity index (χ2n) is 11.6. The number of hydrogen-bond donors (Lipinski definition) is 5. The Morgan fingerprint density at radius 1 is 1.08 bits per heavy atom. The van der Waals surface area contributed by atoms with E-state index in [1.54, 1.807) is 18.9 Å². The fourth-order valence-corrected chi connectivity index (χ4v) is 8.67. The molecule has 5 N–H and O–H groups in total. The molecule has 216 valence electrons. The van der Waals surface area contributed by atoms with E-state index < -0.39 is 12.3 Å². The number of ether oxygens (including phenoxy) is 1. The maximum absolute atomic E-state index is 13.5. The maximum atomic E-state index is 13.5. The van der Waals surface area contributed by atoms with Crippen LogP contribution in [-0.2, 0) is 14.3 Å². The van der Waals surface area contributed by atoms with Crippen molar-refractivity contribution in [2.45, 2.75) is 79.5 Å². The molecule has 13 heteroatoms. The Labute approximate surface area is 232 Å². The topological polar surface area (TPSA) is 107 Å². The van der Waals surface area contributed by atoms with Gasteiger partial charge in [0.2, 0.25) is 18.2 Å². The minimum absolute atomic E-state index is 0.00684. The average Bonchev–Trinajstić information content (AvgIpc) is 3.47. The van der Waals surface area contributed by atoms with Crippen LogP contribution in [0.1, 0.15) is 32.6 Å². The van der Waals surface area contributed by atoms with Gasteiger partial charge in [-0.05, 0) is 44.4 Å². The summed E-state index contributed by atoms with van der Waals surface area (Å²) in [6.45, 7) is 4.80. The number of likely N-dealkylation sites (tertiary alicyclic amines) is 1. The van der Waals surface area contributed by atoms with Crippen molar-refractivity contribution in [2.24, 2.45) is 23.7 Å². The van der Waals surface area contributed by atoms with Gasteiger partial charge in [-0.15, -0.1) is 23.4 Å². The van der Waals surface area contributed by atoms with E-state index in [0.717, 1.165) is 12.8 Å². The van der Waals surface area contributed by atoms with Crippen molar-refractivity contribution in [1.29, 1.82) is 0 Å². The summed E-state index contributed by atoms with van der Waals surface area (Å²) in [4.78, 5) is 28.4. The van der Waals surface area contributed by atoms with Crippen molar-refractivity contribution >= 4 is 35.2 Å². The Morgan fingerprint density at radius 3 is 2.58 bits per heavy atom. The molecule has 0 aromatic rings. The van der Waals surface area contributed by atoms with E-state index in [1.807, 2.05) is 4.90 Å². The highest BCUT2D eigenvalue weighted by Gasteiger charge is 2.47. The predicted octanol–water partition coefficient (Wildman–Crippen LogP) is 0.739. The lowest BCUT2D eigenvalue weighted by atomic mass is 9.70. The molecular weight excluding hydrogens is 538 g/mol. The SMILES string of the molecule is COC1CNC(Cl)CC1C1CC(C)NCC1C(=O)NC1NC2CN(C(=O)C3CCC(C(F)F)CN3)CC2S1. The lowest BCUT2D eigenvalue weighted by Gasteiger charge is -2.45. The van der Waals surface area contributed by atoms with Crippen molar-refractivity contribution < 1.29 is 23.1 Å². The number of fused-ring (bicyclic) bond motifs is 1. The second kappa shape index (κ2) is 12.4. The molecule has 5 fully saturated rings. The Kier molecular flexibility index (Phi) is 9.39. The van der Waals surface area contributed by atoms with Crippen LogP contribution in [0.4, 0.5) is 8.78 Å². The Morgan fingerprint density at radius 2 is 1.89 bits per heavy atom. The second-order valence-corrected chi connectivity index (χ2v) is 13.5. The summed E-state index contributed by atoms with van der Waals surface area (Å²) < 4.78 is 31.7. The van der Waals surface area contributed by atoms with Crippen LogP contribution in [0, 0.1) is 23.7 Å². The first-order valence-corrected chi connectivity index (χ1v) is 15.3. The molecule has 0 spiro atoms. The van der Waals surface area contributed by atoms with Gasteiger partial charge in [0.05, 0.1) is 23.6 Å². The zero-order valence-corrected chi connectivity index (χ0v) is 23.6. The van der Waals surface area contributed by atoms with E-state index in [4.69, 9.17) is 16.3 Å². The number of alkyl halides is 3. The number of hydrogen-bond acceptors (Lipinski definition) is 8. The summed E-state index contributed by atoms with van der Waals surface area (Å²) in [6, 6.07) is 0.0270. The van der Waals surface area contributed by atoms with E-state index >= 15 is 0 Å². The van der Waals surface area contributed by atoms with Gasteiger partial charge >= 0.3 is 0 Å². The summed E-state index contributed by atoms with van der Waals surface area (Å²) in [5, 5.41) is 16.7. The Hall–Kier alpha value is -0.760. The van der Waals surface area contributed by atoms with Gasteiger partial charge in [0.15, 0.2) is 0 Å². The van der Waals surface area contributed by atoms with Gasteiger partial charge in [0, 0.05) is 63.1 Å². The largest absolute Gasteiger partial charge is 0.380 e. The number of halogens is 3. The van der Waals surface area contributed by atoms with Crippen LogP contribution in [-0.4, -0.2) is 103 Å². The van der Waals surface area contributed by atoms with E-state index in [2.05, 4.69) is 33.5 Å². The smallest absolute Gasteiger partial charge is 0.242 e.